The van der Waals surface area contributed by atoms with Crippen LogP contribution in [0.15, 0.2) is 30.6 Å². The highest BCUT2D eigenvalue weighted by atomic mass is 19.3. The molecule has 0 spiro atoms. The fourth-order valence-electron chi connectivity index (χ4n) is 1.75. The minimum absolute atomic E-state index is 0.126. The van der Waals surface area contributed by atoms with E-state index in [9.17, 15) is 13.2 Å². The molecule has 0 fully saturated rings. The van der Waals surface area contributed by atoms with Crippen molar-refractivity contribution in [3.63, 3.8) is 0 Å². The Bertz CT molecular complexity index is 555. The summed E-state index contributed by atoms with van der Waals surface area (Å²) in [6.45, 7) is 0.993. The van der Waals surface area contributed by atoms with Gasteiger partial charge in [-0.25, -0.2) is 13.2 Å². The highest BCUT2D eigenvalue weighted by Gasteiger charge is 2.17. The molecule has 19 heavy (non-hydrogen) atoms. The van der Waals surface area contributed by atoms with E-state index in [1.165, 1.54) is 18.3 Å². The second kappa shape index (κ2) is 5.88. The summed E-state index contributed by atoms with van der Waals surface area (Å²) in [6.07, 6.45) is 0.221. The summed E-state index contributed by atoms with van der Waals surface area (Å²) in [5, 5.41) is 4.03. The molecule has 0 aliphatic carbocycles. The molecule has 0 aliphatic heterocycles. The van der Waals surface area contributed by atoms with Gasteiger partial charge in [0.1, 0.15) is 5.82 Å². The van der Waals surface area contributed by atoms with Crippen molar-refractivity contribution in [3.8, 4) is 11.1 Å². The maximum absolute atomic E-state index is 13.9. The Labute approximate surface area is 108 Å². The molecule has 0 saturated carbocycles. The molecule has 0 aliphatic rings. The van der Waals surface area contributed by atoms with Crippen LogP contribution in [0.2, 0.25) is 0 Å². The van der Waals surface area contributed by atoms with Gasteiger partial charge in [-0.1, -0.05) is 18.2 Å². The predicted molar refractivity (Wildman–Crippen MR) is 64.5 cm³/mol. The maximum atomic E-state index is 13.9. The molecule has 0 bridgehead atoms. The van der Waals surface area contributed by atoms with Crippen molar-refractivity contribution in [1.29, 1.82) is 0 Å². The summed E-state index contributed by atoms with van der Waals surface area (Å²) in [7, 11) is 1.57. The minimum atomic E-state index is -2.83. The minimum Gasteiger partial charge on any atom is -0.383 e. The lowest BCUT2D eigenvalue weighted by atomic mass is 10.1. The number of nitrogens with zero attached hydrogens (tertiary/aromatic N) is 2. The second-order valence-electron chi connectivity index (χ2n) is 3.99. The van der Waals surface area contributed by atoms with Gasteiger partial charge in [-0.3, -0.25) is 4.68 Å². The molecule has 1 heterocycles. The first kappa shape index (κ1) is 13.6. The van der Waals surface area contributed by atoms with Crippen LogP contribution in [-0.2, 0) is 11.3 Å². The molecule has 0 N–H and O–H groups in total. The normalized spacial score (nSPS) is 11.2. The van der Waals surface area contributed by atoms with Crippen molar-refractivity contribution >= 4 is 0 Å². The van der Waals surface area contributed by atoms with Crippen LogP contribution in [0.1, 0.15) is 12.0 Å². The van der Waals surface area contributed by atoms with E-state index in [4.69, 9.17) is 4.74 Å². The van der Waals surface area contributed by atoms with Gasteiger partial charge in [0.2, 0.25) is 0 Å². The van der Waals surface area contributed by atoms with Crippen molar-refractivity contribution < 1.29 is 17.9 Å². The van der Waals surface area contributed by atoms with Crippen LogP contribution < -0.4 is 0 Å². The first-order valence-corrected chi connectivity index (χ1v) is 5.72. The van der Waals surface area contributed by atoms with Crippen molar-refractivity contribution in [2.45, 2.75) is 13.0 Å². The molecule has 0 atom stereocenters. The number of hydrogen-bond donors (Lipinski definition) is 0. The SMILES string of the molecule is COCCn1cc(-c2cccc(C(F)F)c2F)cn1. The van der Waals surface area contributed by atoms with E-state index in [1.807, 2.05) is 0 Å². The van der Waals surface area contributed by atoms with Crippen molar-refractivity contribution in [2.24, 2.45) is 0 Å². The zero-order valence-electron chi connectivity index (χ0n) is 10.3. The van der Waals surface area contributed by atoms with Crippen molar-refractivity contribution in [3.05, 3.63) is 42.0 Å². The van der Waals surface area contributed by atoms with Gasteiger partial charge in [-0.05, 0) is 0 Å². The number of rotatable bonds is 5. The number of methoxy groups -OCH3 is 1. The Morgan fingerprint density at radius 2 is 2.16 bits per heavy atom. The van der Waals surface area contributed by atoms with Crippen LogP contribution in [-0.4, -0.2) is 23.5 Å². The lowest BCUT2D eigenvalue weighted by Gasteiger charge is -2.05. The number of halogens is 3. The number of ether oxygens (including phenoxy) is 1. The van der Waals surface area contributed by atoms with Gasteiger partial charge in [-0.15, -0.1) is 0 Å². The van der Waals surface area contributed by atoms with Crippen LogP contribution >= 0.6 is 0 Å². The lowest BCUT2D eigenvalue weighted by molar-refractivity contribution is 0.146. The molecule has 0 radical (unpaired) electrons. The van der Waals surface area contributed by atoms with Gasteiger partial charge >= 0.3 is 0 Å². The summed E-state index contributed by atoms with van der Waals surface area (Å²) in [4.78, 5) is 0. The number of aromatic nitrogens is 2. The summed E-state index contributed by atoms with van der Waals surface area (Å²) < 4.78 is 45.6. The highest BCUT2D eigenvalue weighted by molar-refractivity contribution is 5.63. The molecule has 1 aromatic heterocycles. The Kier molecular flexibility index (Phi) is 4.21. The Morgan fingerprint density at radius 1 is 1.37 bits per heavy atom. The topological polar surface area (TPSA) is 27.1 Å². The zero-order chi connectivity index (χ0) is 13.8. The van der Waals surface area contributed by atoms with Crippen molar-refractivity contribution in [2.75, 3.05) is 13.7 Å². The van der Waals surface area contributed by atoms with Gasteiger partial charge < -0.3 is 4.74 Å². The molecule has 102 valence electrons. The predicted octanol–water partition coefficient (Wildman–Crippen LogP) is 3.27. The molecule has 2 aromatic rings. The van der Waals surface area contributed by atoms with Gasteiger partial charge in [0, 0.05) is 24.4 Å². The van der Waals surface area contributed by atoms with E-state index in [1.54, 1.807) is 18.0 Å². The Balaban J connectivity index is 2.31. The first-order valence-electron chi connectivity index (χ1n) is 5.72. The molecular formula is C13H13F3N2O. The van der Waals surface area contributed by atoms with Crippen LogP contribution in [0.4, 0.5) is 13.2 Å². The summed E-state index contributed by atoms with van der Waals surface area (Å²) in [5.74, 6) is -0.899. The molecular weight excluding hydrogens is 257 g/mol. The quantitative estimate of drug-likeness (QED) is 0.833. The van der Waals surface area contributed by atoms with E-state index < -0.39 is 17.8 Å². The number of alkyl halides is 2. The van der Waals surface area contributed by atoms with E-state index in [-0.39, 0.29) is 5.56 Å². The molecule has 0 saturated heterocycles. The van der Waals surface area contributed by atoms with Crippen LogP contribution in [0.3, 0.4) is 0 Å². The van der Waals surface area contributed by atoms with Crippen LogP contribution in [0, 0.1) is 5.82 Å². The number of benzene rings is 1. The second-order valence-corrected chi connectivity index (χ2v) is 3.99. The van der Waals surface area contributed by atoms with Crippen molar-refractivity contribution in [1.82, 2.24) is 9.78 Å². The fraction of sp³-hybridized carbons (Fsp3) is 0.308. The molecule has 2 rings (SSSR count). The van der Waals surface area contributed by atoms with Crippen LogP contribution in [0.25, 0.3) is 11.1 Å². The monoisotopic (exact) mass is 270 g/mol. The average molecular weight is 270 g/mol. The summed E-state index contributed by atoms with van der Waals surface area (Å²) in [6, 6.07) is 3.95. The largest absolute Gasteiger partial charge is 0.383 e. The van der Waals surface area contributed by atoms with Gasteiger partial charge in [0.05, 0.1) is 24.9 Å². The lowest BCUT2D eigenvalue weighted by Crippen LogP contribution is -2.03. The molecule has 3 nitrogen and oxygen atoms in total. The Hall–Kier alpha value is -1.82. The third-order valence-corrected chi connectivity index (χ3v) is 2.73. The Morgan fingerprint density at radius 3 is 2.84 bits per heavy atom. The average Bonchev–Trinajstić information content (AvgIpc) is 2.84. The highest BCUT2D eigenvalue weighted by Crippen LogP contribution is 2.29. The summed E-state index contributed by atoms with van der Waals surface area (Å²) >= 11 is 0. The third kappa shape index (κ3) is 2.96. The standard InChI is InChI=1S/C13H13F3N2O/c1-19-6-5-18-8-9(7-17-18)10-3-2-4-11(12(10)14)13(15)16/h2-4,7-8,13H,5-6H2,1H3. The molecule has 1 aromatic carbocycles. The smallest absolute Gasteiger partial charge is 0.266 e. The van der Waals surface area contributed by atoms with Gasteiger partial charge in [-0.2, -0.15) is 5.10 Å². The van der Waals surface area contributed by atoms with Crippen LogP contribution in [0.5, 0.6) is 0 Å². The molecule has 0 amide bonds. The van der Waals surface area contributed by atoms with E-state index in [0.717, 1.165) is 6.07 Å². The molecule has 6 heteroatoms. The maximum Gasteiger partial charge on any atom is 0.266 e. The third-order valence-electron chi connectivity index (χ3n) is 2.73. The van der Waals surface area contributed by atoms with Gasteiger partial charge in [0.25, 0.3) is 6.43 Å². The fourth-order valence-corrected chi connectivity index (χ4v) is 1.75. The molecule has 0 unspecified atom stereocenters. The number of hydrogen-bond acceptors (Lipinski definition) is 2. The van der Waals surface area contributed by atoms with Gasteiger partial charge in [0.15, 0.2) is 0 Å². The first-order chi connectivity index (χ1) is 9.13. The summed E-state index contributed by atoms with van der Waals surface area (Å²) in [5.41, 5.74) is -0.000267. The van der Waals surface area contributed by atoms with E-state index in [0.29, 0.717) is 18.7 Å². The van der Waals surface area contributed by atoms with E-state index in [2.05, 4.69) is 5.10 Å². The van der Waals surface area contributed by atoms with E-state index >= 15 is 0 Å². The zero-order valence-corrected chi connectivity index (χ0v) is 10.3.